The number of hydrogen-bond acceptors (Lipinski definition) is 4. The molecule has 4 nitrogen and oxygen atoms in total. The van der Waals surface area contributed by atoms with E-state index in [0.717, 1.165) is 55.2 Å². The van der Waals surface area contributed by atoms with Crippen LogP contribution < -0.4 is 14.8 Å². The average Bonchev–Trinajstić information content (AvgIpc) is 2.56. The summed E-state index contributed by atoms with van der Waals surface area (Å²) in [5.41, 5.74) is 1.08. The van der Waals surface area contributed by atoms with Gasteiger partial charge in [0, 0.05) is 11.6 Å². The normalized spacial score (nSPS) is 15.9. The molecule has 1 atom stereocenters. The Morgan fingerprint density at radius 1 is 1.29 bits per heavy atom. The van der Waals surface area contributed by atoms with Crippen molar-refractivity contribution in [1.29, 1.82) is 0 Å². The maximum atomic E-state index is 5.86. The molecule has 4 heteroatoms. The molecule has 0 amide bonds. The molecule has 1 heterocycles. The fourth-order valence-electron chi connectivity index (χ4n) is 2.49. The molecule has 116 valence electrons. The van der Waals surface area contributed by atoms with Gasteiger partial charge in [-0.05, 0) is 44.0 Å². The molecule has 0 bridgehead atoms. The van der Waals surface area contributed by atoms with Crippen LogP contribution in [0.25, 0.3) is 0 Å². The monoisotopic (exact) mass is 291 g/mol. The van der Waals surface area contributed by atoms with E-state index in [1.54, 1.807) is 14.2 Å². The van der Waals surface area contributed by atoms with Crippen molar-refractivity contribution in [3.05, 3.63) is 35.6 Å². The first-order chi connectivity index (χ1) is 10.3. The van der Waals surface area contributed by atoms with Crippen molar-refractivity contribution >= 4 is 0 Å². The van der Waals surface area contributed by atoms with Crippen LogP contribution in [0.1, 0.15) is 37.8 Å². The third kappa shape index (κ3) is 3.91. The molecule has 1 aromatic rings. The number of rotatable bonds is 7. The highest BCUT2D eigenvalue weighted by Crippen LogP contribution is 2.34. The van der Waals surface area contributed by atoms with E-state index >= 15 is 0 Å². The van der Waals surface area contributed by atoms with Crippen LogP contribution in [0, 0.1) is 0 Å². The van der Waals surface area contributed by atoms with E-state index in [9.17, 15) is 0 Å². The van der Waals surface area contributed by atoms with Crippen molar-refractivity contribution in [2.75, 3.05) is 27.4 Å². The van der Waals surface area contributed by atoms with Crippen LogP contribution in [-0.4, -0.2) is 27.4 Å². The number of methoxy groups -OCH3 is 2. The largest absolute Gasteiger partial charge is 0.497 e. The second kappa shape index (κ2) is 7.93. The van der Waals surface area contributed by atoms with Crippen molar-refractivity contribution in [1.82, 2.24) is 5.32 Å². The van der Waals surface area contributed by atoms with Gasteiger partial charge >= 0.3 is 0 Å². The summed E-state index contributed by atoms with van der Waals surface area (Å²) in [5.74, 6) is 2.61. The maximum Gasteiger partial charge on any atom is 0.127 e. The Bertz CT molecular complexity index is 485. The lowest BCUT2D eigenvalue weighted by molar-refractivity contribution is 0.167. The predicted octanol–water partition coefficient (Wildman–Crippen LogP) is 3.44. The van der Waals surface area contributed by atoms with Gasteiger partial charge in [0.15, 0.2) is 0 Å². The molecule has 1 aliphatic rings. The fraction of sp³-hybridized carbons (Fsp3) is 0.529. The van der Waals surface area contributed by atoms with E-state index < -0.39 is 0 Å². The van der Waals surface area contributed by atoms with Crippen LogP contribution in [0.3, 0.4) is 0 Å². The highest BCUT2D eigenvalue weighted by Gasteiger charge is 2.23. The molecule has 0 saturated carbocycles. The molecule has 2 rings (SSSR count). The first-order valence-electron chi connectivity index (χ1n) is 7.58. The zero-order chi connectivity index (χ0) is 15.1. The lowest BCUT2D eigenvalue weighted by Gasteiger charge is -2.26. The molecular weight excluding hydrogens is 266 g/mol. The molecule has 0 fully saturated rings. The van der Waals surface area contributed by atoms with Gasteiger partial charge in [-0.3, -0.25) is 0 Å². The van der Waals surface area contributed by atoms with Gasteiger partial charge in [0.25, 0.3) is 0 Å². The molecule has 0 saturated heterocycles. The van der Waals surface area contributed by atoms with Crippen LogP contribution in [0.2, 0.25) is 0 Å². The number of allylic oxidation sites excluding steroid dienone is 1. The van der Waals surface area contributed by atoms with Crippen LogP contribution in [0.15, 0.2) is 30.0 Å². The van der Waals surface area contributed by atoms with Crippen LogP contribution in [0.4, 0.5) is 0 Å². The number of hydrogen-bond donors (Lipinski definition) is 1. The smallest absolute Gasteiger partial charge is 0.127 e. The molecule has 0 aromatic heterocycles. The maximum absolute atomic E-state index is 5.86. The number of nitrogens with one attached hydrogen (secondary N) is 1. The van der Waals surface area contributed by atoms with Gasteiger partial charge in [0.05, 0.1) is 26.9 Å². The van der Waals surface area contributed by atoms with Crippen LogP contribution >= 0.6 is 0 Å². The predicted molar refractivity (Wildman–Crippen MR) is 83.8 cm³/mol. The minimum absolute atomic E-state index is 0.0334. The lowest BCUT2D eigenvalue weighted by Crippen LogP contribution is -2.26. The Labute approximate surface area is 127 Å². The van der Waals surface area contributed by atoms with Crippen LogP contribution in [0.5, 0.6) is 11.5 Å². The summed E-state index contributed by atoms with van der Waals surface area (Å²) >= 11 is 0. The third-order valence-corrected chi connectivity index (χ3v) is 3.60. The van der Waals surface area contributed by atoms with Gasteiger partial charge in [-0.2, -0.15) is 0 Å². The van der Waals surface area contributed by atoms with E-state index in [-0.39, 0.29) is 6.04 Å². The van der Waals surface area contributed by atoms with Crippen molar-refractivity contribution in [3.8, 4) is 11.5 Å². The Morgan fingerprint density at radius 2 is 2.14 bits per heavy atom. The van der Waals surface area contributed by atoms with Crippen molar-refractivity contribution in [2.24, 2.45) is 0 Å². The summed E-state index contributed by atoms with van der Waals surface area (Å²) in [6.45, 7) is 3.88. The zero-order valence-electron chi connectivity index (χ0n) is 13.1. The van der Waals surface area contributed by atoms with Gasteiger partial charge in [0.1, 0.15) is 17.3 Å². The average molecular weight is 291 g/mol. The molecule has 1 aromatic carbocycles. The van der Waals surface area contributed by atoms with Gasteiger partial charge < -0.3 is 19.5 Å². The van der Waals surface area contributed by atoms with E-state index in [2.05, 4.69) is 18.3 Å². The summed E-state index contributed by atoms with van der Waals surface area (Å²) in [7, 11) is 3.35. The van der Waals surface area contributed by atoms with E-state index in [1.165, 1.54) is 0 Å². The number of benzene rings is 1. The molecule has 0 radical (unpaired) electrons. The molecule has 21 heavy (non-hydrogen) atoms. The van der Waals surface area contributed by atoms with E-state index in [4.69, 9.17) is 14.2 Å². The molecular formula is C17H25NO3. The van der Waals surface area contributed by atoms with Gasteiger partial charge in [-0.1, -0.05) is 6.92 Å². The second-order valence-electron chi connectivity index (χ2n) is 5.09. The minimum atomic E-state index is 0.0334. The standard InChI is InChI=1S/C17H25NO3/c1-4-10-18-17(15-7-5-6-11-21-15)14-9-8-13(19-2)12-16(14)20-3/h7-9,12,17-18H,4-6,10-11H2,1-3H3. The highest BCUT2D eigenvalue weighted by molar-refractivity contribution is 5.44. The lowest BCUT2D eigenvalue weighted by atomic mass is 10.0. The molecule has 1 N–H and O–H groups in total. The third-order valence-electron chi connectivity index (χ3n) is 3.60. The Kier molecular flexibility index (Phi) is 5.93. The first kappa shape index (κ1) is 15.7. The zero-order valence-corrected chi connectivity index (χ0v) is 13.1. The Balaban J connectivity index is 2.33. The Morgan fingerprint density at radius 3 is 2.76 bits per heavy atom. The van der Waals surface area contributed by atoms with Gasteiger partial charge in [-0.25, -0.2) is 0 Å². The molecule has 1 unspecified atom stereocenters. The summed E-state index contributed by atoms with van der Waals surface area (Å²) in [4.78, 5) is 0. The molecule has 0 spiro atoms. The summed E-state index contributed by atoms with van der Waals surface area (Å²) in [5, 5.41) is 3.55. The van der Waals surface area contributed by atoms with Crippen molar-refractivity contribution < 1.29 is 14.2 Å². The van der Waals surface area contributed by atoms with E-state index in [0.29, 0.717) is 0 Å². The van der Waals surface area contributed by atoms with Gasteiger partial charge in [-0.15, -0.1) is 0 Å². The first-order valence-corrected chi connectivity index (χ1v) is 7.58. The highest BCUT2D eigenvalue weighted by atomic mass is 16.5. The Hall–Kier alpha value is -1.68. The fourth-order valence-corrected chi connectivity index (χ4v) is 2.49. The minimum Gasteiger partial charge on any atom is -0.497 e. The van der Waals surface area contributed by atoms with E-state index in [1.807, 2.05) is 18.2 Å². The molecule has 1 aliphatic heterocycles. The van der Waals surface area contributed by atoms with Crippen molar-refractivity contribution in [2.45, 2.75) is 32.2 Å². The number of ether oxygens (including phenoxy) is 3. The van der Waals surface area contributed by atoms with Gasteiger partial charge in [0.2, 0.25) is 0 Å². The molecule has 0 aliphatic carbocycles. The van der Waals surface area contributed by atoms with Crippen molar-refractivity contribution in [3.63, 3.8) is 0 Å². The quantitative estimate of drug-likeness (QED) is 0.835. The SMILES string of the molecule is CCCNC(C1=CCCCO1)c1ccc(OC)cc1OC. The topological polar surface area (TPSA) is 39.7 Å². The summed E-state index contributed by atoms with van der Waals surface area (Å²) < 4.78 is 16.7. The summed E-state index contributed by atoms with van der Waals surface area (Å²) in [6, 6.07) is 5.96. The second-order valence-corrected chi connectivity index (χ2v) is 5.09. The van der Waals surface area contributed by atoms with Crippen LogP contribution in [-0.2, 0) is 4.74 Å². The summed E-state index contributed by atoms with van der Waals surface area (Å²) in [6.07, 6.45) is 5.41.